The first-order valence-corrected chi connectivity index (χ1v) is 10.3. The molecule has 1 N–H and O–H groups in total. The summed E-state index contributed by atoms with van der Waals surface area (Å²) in [6.45, 7) is 6.31. The van der Waals surface area contributed by atoms with Crippen LogP contribution in [0.25, 0.3) is 0 Å². The van der Waals surface area contributed by atoms with Crippen molar-refractivity contribution in [3.63, 3.8) is 0 Å². The summed E-state index contributed by atoms with van der Waals surface area (Å²) in [7, 11) is 3.17. The molecule has 1 saturated heterocycles. The lowest BCUT2D eigenvalue weighted by molar-refractivity contribution is 0.101. The monoisotopic (exact) mass is 424 g/mol. The number of nitrogens with zero attached hydrogens (tertiary/aromatic N) is 5. The van der Waals surface area contributed by atoms with Crippen molar-refractivity contribution in [2.45, 2.75) is 13.3 Å². The Morgan fingerprint density at radius 3 is 2.45 bits per heavy atom. The van der Waals surface area contributed by atoms with Crippen LogP contribution in [0.5, 0.6) is 0 Å². The maximum Gasteiger partial charge on any atom is 0.332 e. The number of aromatic nitrogens is 2. The number of carbonyl (C=O) groups excluding carboxylic acids is 1. The van der Waals surface area contributed by atoms with E-state index in [1.807, 2.05) is 0 Å². The van der Waals surface area contributed by atoms with Crippen LogP contribution in [0.3, 0.4) is 0 Å². The lowest BCUT2D eigenvalue weighted by atomic mass is 10.1. The van der Waals surface area contributed by atoms with Gasteiger partial charge in [0.1, 0.15) is 5.82 Å². The molecular formula is C22H28N6O3. The maximum absolute atomic E-state index is 12.2. The van der Waals surface area contributed by atoms with E-state index in [4.69, 9.17) is 5.26 Å². The second kappa shape index (κ2) is 9.62. The van der Waals surface area contributed by atoms with Crippen molar-refractivity contribution < 1.29 is 4.79 Å². The first-order chi connectivity index (χ1) is 14.8. The van der Waals surface area contributed by atoms with Crippen LogP contribution in [0, 0.1) is 11.3 Å². The Bertz CT molecular complexity index is 1120. The Labute approximate surface area is 181 Å². The average Bonchev–Trinajstić information content (AvgIpc) is 2.78. The van der Waals surface area contributed by atoms with Gasteiger partial charge in [0.25, 0.3) is 5.56 Å². The van der Waals surface area contributed by atoms with Gasteiger partial charge in [-0.2, -0.15) is 5.26 Å². The summed E-state index contributed by atoms with van der Waals surface area (Å²) in [5, 5.41) is 12.3. The number of nitrogens with one attached hydrogen (secondary N) is 1. The van der Waals surface area contributed by atoms with E-state index in [9.17, 15) is 14.4 Å². The first-order valence-electron chi connectivity index (χ1n) is 10.3. The van der Waals surface area contributed by atoms with Crippen LogP contribution in [0.4, 0.5) is 11.5 Å². The average molecular weight is 425 g/mol. The van der Waals surface area contributed by atoms with E-state index in [0.717, 1.165) is 55.9 Å². The molecule has 1 fully saturated rings. The standard InChI is InChI=1S/C22H28N6O3/c1-16(29)18-13-17(15-23)5-6-19(18)24-7-4-8-27-9-11-28(12-10-27)20-14-21(30)26(3)22(31)25(20)2/h5-6,13-14,24H,4,7-12H2,1-3H3. The van der Waals surface area contributed by atoms with Crippen molar-refractivity contribution in [3.8, 4) is 6.07 Å². The van der Waals surface area contributed by atoms with Crippen LogP contribution in [0.1, 0.15) is 29.3 Å². The molecule has 0 saturated carbocycles. The van der Waals surface area contributed by atoms with E-state index in [-0.39, 0.29) is 17.0 Å². The van der Waals surface area contributed by atoms with Gasteiger partial charge in [-0.15, -0.1) is 0 Å². The third-order valence-corrected chi connectivity index (χ3v) is 5.69. The highest BCUT2D eigenvalue weighted by Crippen LogP contribution is 2.18. The van der Waals surface area contributed by atoms with Crippen molar-refractivity contribution in [1.82, 2.24) is 14.0 Å². The van der Waals surface area contributed by atoms with E-state index in [1.54, 1.807) is 25.2 Å². The molecule has 1 aromatic carbocycles. The van der Waals surface area contributed by atoms with E-state index in [0.29, 0.717) is 16.9 Å². The Morgan fingerprint density at radius 1 is 1.10 bits per heavy atom. The van der Waals surface area contributed by atoms with E-state index in [2.05, 4.69) is 21.2 Å². The van der Waals surface area contributed by atoms with Gasteiger partial charge in [0, 0.05) is 64.1 Å². The number of nitriles is 1. The topological polar surface area (TPSA) is 103 Å². The highest BCUT2D eigenvalue weighted by Gasteiger charge is 2.20. The van der Waals surface area contributed by atoms with Crippen molar-refractivity contribution in [1.29, 1.82) is 5.26 Å². The third-order valence-electron chi connectivity index (χ3n) is 5.69. The summed E-state index contributed by atoms with van der Waals surface area (Å²) in [5.41, 5.74) is 1.15. The smallest absolute Gasteiger partial charge is 0.332 e. The number of carbonyl (C=O) groups is 1. The molecule has 0 aliphatic carbocycles. The number of hydrogen-bond acceptors (Lipinski definition) is 7. The zero-order valence-corrected chi connectivity index (χ0v) is 18.2. The zero-order valence-electron chi connectivity index (χ0n) is 18.2. The minimum absolute atomic E-state index is 0.0686. The normalized spacial score (nSPS) is 14.3. The maximum atomic E-state index is 12.2. The molecule has 0 atom stereocenters. The molecule has 2 heterocycles. The van der Waals surface area contributed by atoms with Crippen LogP contribution in [-0.2, 0) is 14.1 Å². The lowest BCUT2D eigenvalue weighted by Gasteiger charge is -2.36. The number of piperazine rings is 1. The summed E-state index contributed by atoms with van der Waals surface area (Å²) in [6, 6.07) is 8.68. The molecule has 0 amide bonds. The van der Waals surface area contributed by atoms with Crippen LogP contribution in [0.2, 0.25) is 0 Å². The molecule has 9 heteroatoms. The van der Waals surface area contributed by atoms with Gasteiger partial charge < -0.3 is 10.2 Å². The number of hydrogen-bond donors (Lipinski definition) is 1. The molecule has 3 rings (SSSR count). The van der Waals surface area contributed by atoms with Crippen molar-refractivity contribution in [2.24, 2.45) is 14.1 Å². The molecule has 31 heavy (non-hydrogen) atoms. The molecule has 1 aliphatic heterocycles. The summed E-state index contributed by atoms with van der Waals surface area (Å²) >= 11 is 0. The van der Waals surface area contributed by atoms with Gasteiger partial charge in [0.2, 0.25) is 0 Å². The predicted molar refractivity (Wildman–Crippen MR) is 120 cm³/mol. The second-order valence-corrected chi connectivity index (χ2v) is 7.78. The van der Waals surface area contributed by atoms with Crippen LogP contribution >= 0.6 is 0 Å². The van der Waals surface area contributed by atoms with Crippen LogP contribution < -0.4 is 21.5 Å². The number of anilines is 2. The Hall–Kier alpha value is -3.38. The van der Waals surface area contributed by atoms with Gasteiger partial charge in [-0.25, -0.2) is 4.79 Å². The molecule has 2 aromatic rings. The molecule has 0 bridgehead atoms. The van der Waals surface area contributed by atoms with Crippen molar-refractivity contribution in [2.75, 3.05) is 49.5 Å². The van der Waals surface area contributed by atoms with Gasteiger partial charge in [-0.05, 0) is 38.1 Å². The van der Waals surface area contributed by atoms with Gasteiger partial charge >= 0.3 is 5.69 Å². The molecule has 0 spiro atoms. The second-order valence-electron chi connectivity index (χ2n) is 7.78. The third kappa shape index (κ3) is 5.03. The molecule has 1 aromatic heterocycles. The fourth-order valence-electron chi connectivity index (χ4n) is 3.81. The lowest BCUT2D eigenvalue weighted by Crippen LogP contribution is -2.49. The Kier molecular flexibility index (Phi) is 6.92. The van der Waals surface area contributed by atoms with Crippen LogP contribution in [0.15, 0.2) is 33.9 Å². The predicted octanol–water partition coefficient (Wildman–Crippen LogP) is 0.782. The zero-order chi connectivity index (χ0) is 22.5. The molecular weight excluding hydrogens is 396 g/mol. The number of benzene rings is 1. The summed E-state index contributed by atoms with van der Waals surface area (Å²) in [4.78, 5) is 40.4. The largest absolute Gasteiger partial charge is 0.384 e. The molecule has 0 radical (unpaired) electrons. The van der Waals surface area contributed by atoms with E-state index >= 15 is 0 Å². The first kappa shape index (κ1) is 22.3. The van der Waals surface area contributed by atoms with Gasteiger partial charge in [0.15, 0.2) is 5.78 Å². The number of rotatable bonds is 7. The minimum atomic E-state index is -0.316. The van der Waals surface area contributed by atoms with E-state index in [1.165, 1.54) is 24.6 Å². The summed E-state index contributed by atoms with van der Waals surface area (Å²) in [6.07, 6.45) is 0.904. The Morgan fingerprint density at radius 2 is 1.81 bits per heavy atom. The fraction of sp³-hybridized carbons (Fsp3) is 0.455. The minimum Gasteiger partial charge on any atom is -0.384 e. The number of ketones is 1. The van der Waals surface area contributed by atoms with Gasteiger partial charge in [-0.1, -0.05) is 0 Å². The fourth-order valence-corrected chi connectivity index (χ4v) is 3.81. The molecule has 164 valence electrons. The van der Waals surface area contributed by atoms with Crippen molar-refractivity contribution >= 4 is 17.3 Å². The van der Waals surface area contributed by atoms with Gasteiger partial charge in [0.05, 0.1) is 11.6 Å². The quantitative estimate of drug-likeness (QED) is 0.518. The highest BCUT2D eigenvalue weighted by atomic mass is 16.2. The van der Waals surface area contributed by atoms with Crippen molar-refractivity contribution in [3.05, 3.63) is 56.2 Å². The van der Waals surface area contributed by atoms with Crippen LogP contribution in [-0.4, -0.2) is 59.1 Å². The van der Waals surface area contributed by atoms with Gasteiger partial charge in [-0.3, -0.25) is 23.6 Å². The SMILES string of the molecule is CC(=O)c1cc(C#N)ccc1NCCCN1CCN(c2cc(=O)n(C)c(=O)n2C)CC1. The molecule has 1 aliphatic rings. The summed E-state index contributed by atoms with van der Waals surface area (Å²) in [5.74, 6) is 0.591. The summed E-state index contributed by atoms with van der Waals surface area (Å²) < 4.78 is 2.63. The molecule has 9 nitrogen and oxygen atoms in total. The number of Topliss-reactive ketones (excluding diaryl/α,β-unsaturated/α-hetero) is 1. The highest BCUT2D eigenvalue weighted by molar-refractivity contribution is 5.99. The Balaban J connectivity index is 1.50. The van der Waals surface area contributed by atoms with E-state index < -0.39 is 0 Å². The molecule has 0 unspecified atom stereocenters.